The molecule has 0 unspecified atom stereocenters. The minimum absolute atomic E-state index is 0.0221. The number of piperidine rings is 1. The third kappa shape index (κ3) is 6.66. The van der Waals surface area contributed by atoms with E-state index >= 15 is 0 Å². The van der Waals surface area contributed by atoms with Crippen molar-refractivity contribution in [3.05, 3.63) is 42.9 Å². The Bertz CT molecular complexity index is 1440. The van der Waals surface area contributed by atoms with Gasteiger partial charge in [0, 0.05) is 32.0 Å². The third-order valence-corrected chi connectivity index (χ3v) is 6.97. The molecule has 1 aromatic carbocycles. The molecular formula is C28H33N7O4S. The van der Waals surface area contributed by atoms with Crippen molar-refractivity contribution in [3.63, 3.8) is 0 Å². The number of likely N-dealkylation sites (N-methyl/N-ethyl adjacent to an activating group) is 1. The Labute approximate surface area is 238 Å². The number of hydrogen-bond acceptors (Lipinski definition) is 9. The number of ether oxygens (including phenoxy) is 2. The first kappa shape index (κ1) is 28.8. The van der Waals surface area contributed by atoms with Crippen LogP contribution in [0.25, 0.3) is 11.0 Å². The van der Waals surface area contributed by atoms with Crippen LogP contribution in [0.5, 0.6) is 5.75 Å². The molecular weight excluding hydrogens is 530 g/mol. The number of thiocarbonyl (C=S) groups is 1. The van der Waals surface area contributed by atoms with E-state index in [4.69, 9.17) is 27.0 Å². The number of carbonyl (C=O) groups is 2. The van der Waals surface area contributed by atoms with Crippen molar-refractivity contribution in [2.75, 3.05) is 30.4 Å². The molecule has 1 fully saturated rings. The molecule has 11 nitrogen and oxygen atoms in total. The van der Waals surface area contributed by atoms with Crippen LogP contribution in [-0.2, 0) is 9.53 Å². The van der Waals surface area contributed by atoms with Crippen LogP contribution in [-0.4, -0.2) is 68.4 Å². The highest BCUT2D eigenvalue weighted by Gasteiger charge is 2.33. The van der Waals surface area contributed by atoms with Gasteiger partial charge in [-0.3, -0.25) is 14.7 Å². The smallest absolute Gasteiger partial charge is 0.412 e. The standard InChI is InChI=1S/C28H33N7O4S/c1-18-11-14-34(23(36)10-13-29)16-22(18)33(5)24-21-12-15-35(25(21)31-17-30-24)27(40)38-20-8-6-19(7-9-20)32-26(37)39-28(2,3)4/h6-9,12,15,17-18,22H,10-11,14,16H2,1-5H3,(H,32,37)/t18-,22+/m1/s1. The van der Waals surface area contributed by atoms with E-state index in [2.05, 4.69) is 27.1 Å². The summed E-state index contributed by atoms with van der Waals surface area (Å²) in [6.07, 6.45) is 3.44. The molecule has 2 atom stereocenters. The van der Waals surface area contributed by atoms with E-state index in [-0.39, 0.29) is 23.5 Å². The van der Waals surface area contributed by atoms with Gasteiger partial charge in [0.1, 0.15) is 29.9 Å². The first-order chi connectivity index (χ1) is 19.0. The lowest BCUT2D eigenvalue weighted by atomic mass is 9.92. The van der Waals surface area contributed by atoms with Gasteiger partial charge in [-0.2, -0.15) is 5.26 Å². The first-order valence-corrected chi connectivity index (χ1v) is 13.4. The number of nitrogens with one attached hydrogen (secondary N) is 1. The number of nitrogens with zero attached hydrogens (tertiary/aromatic N) is 6. The monoisotopic (exact) mass is 563 g/mol. The normalized spacial score (nSPS) is 17.1. The van der Waals surface area contributed by atoms with Crippen molar-refractivity contribution in [2.24, 2.45) is 5.92 Å². The molecule has 2 aromatic heterocycles. The minimum Gasteiger partial charge on any atom is -0.444 e. The second-order valence-corrected chi connectivity index (χ2v) is 11.1. The zero-order valence-electron chi connectivity index (χ0n) is 23.2. The summed E-state index contributed by atoms with van der Waals surface area (Å²) in [6.45, 7) is 8.72. The Balaban J connectivity index is 1.48. The topological polar surface area (TPSA) is 126 Å². The highest BCUT2D eigenvalue weighted by molar-refractivity contribution is 7.80. The summed E-state index contributed by atoms with van der Waals surface area (Å²) in [4.78, 5) is 37.2. The predicted octanol–water partition coefficient (Wildman–Crippen LogP) is 4.58. The van der Waals surface area contributed by atoms with Crippen molar-refractivity contribution in [1.29, 1.82) is 5.26 Å². The van der Waals surface area contributed by atoms with Crippen LogP contribution >= 0.6 is 12.2 Å². The van der Waals surface area contributed by atoms with Gasteiger partial charge in [0.05, 0.1) is 17.5 Å². The number of aromatic nitrogens is 3. The Kier molecular flexibility index (Phi) is 8.54. The number of anilines is 2. The molecule has 0 saturated carbocycles. The van der Waals surface area contributed by atoms with Crippen LogP contribution in [0, 0.1) is 17.2 Å². The van der Waals surface area contributed by atoms with Crippen LogP contribution in [0.15, 0.2) is 42.9 Å². The maximum Gasteiger partial charge on any atom is 0.412 e. The fraction of sp³-hybridized carbons (Fsp3) is 0.429. The summed E-state index contributed by atoms with van der Waals surface area (Å²) in [7, 11) is 1.96. The molecule has 0 spiro atoms. The first-order valence-electron chi connectivity index (χ1n) is 13.0. The Morgan fingerprint density at radius 2 is 1.95 bits per heavy atom. The van der Waals surface area contributed by atoms with E-state index in [0.29, 0.717) is 36.1 Å². The van der Waals surface area contributed by atoms with Crippen LogP contribution in [0.3, 0.4) is 0 Å². The summed E-state index contributed by atoms with van der Waals surface area (Å²) in [5.41, 5.74) is 0.554. The summed E-state index contributed by atoms with van der Waals surface area (Å²) in [5.74, 6) is 1.38. The Hall–Kier alpha value is -4.24. The molecule has 1 saturated heterocycles. The Morgan fingerprint density at radius 1 is 1.23 bits per heavy atom. The molecule has 2 amide bonds. The van der Waals surface area contributed by atoms with Gasteiger partial charge in [-0.15, -0.1) is 0 Å². The van der Waals surface area contributed by atoms with Crippen molar-refractivity contribution >= 4 is 51.9 Å². The molecule has 1 N–H and O–H groups in total. The SMILES string of the molecule is C[C@@H]1CCN(C(=O)CC#N)C[C@@H]1N(C)c1ncnc2c1ccn2C(=S)Oc1ccc(NC(=O)OC(C)(C)C)cc1. The van der Waals surface area contributed by atoms with Crippen molar-refractivity contribution in [1.82, 2.24) is 19.4 Å². The third-order valence-electron chi connectivity index (χ3n) is 6.69. The van der Waals surface area contributed by atoms with E-state index in [1.54, 1.807) is 60.7 Å². The van der Waals surface area contributed by atoms with Crippen LogP contribution in [0.1, 0.15) is 40.5 Å². The molecule has 12 heteroatoms. The summed E-state index contributed by atoms with van der Waals surface area (Å²) in [5, 5.41) is 12.6. The number of nitriles is 1. The van der Waals surface area contributed by atoms with E-state index in [1.165, 1.54) is 6.33 Å². The maximum atomic E-state index is 12.4. The van der Waals surface area contributed by atoms with E-state index < -0.39 is 11.7 Å². The van der Waals surface area contributed by atoms with Crippen LogP contribution in [0.2, 0.25) is 0 Å². The lowest BCUT2D eigenvalue weighted by Gasteiger charge is -2.42. The highest BCUT2D eigenvalue weighted by Crippen LogP contribution is 2.30. The lowest BCUT2D eigenvalue weighted by molar-refractivity contribution is -0.131. The van der Waals surface area contributed by atoms with Gasteiger partial charge in [0.2, 0.25) is 5.91 Å². The van der Waals surface area contributed by atoms with Gasteiger partial charge < -0.3 is 19.3 Å². The van der Waals surface area contributed by atoms with E-state index in [1.807, 2.05) is 19.2 Å². The highest BCUT2D eigenvalue weighted by atomic mass is 32.1. The number of hydrogen-bond donors (Lipinski definition) is 1. The maximum absolute atomic E-state index is 12.4. The molecule has 210 valence electrons. The summed E-state index contributed by atoms with van der Waals surface area (Å²) < 4.78 is 12.9. The summed E-state index contributed by atoms with van der Waals surface area (Å²) in [6, 6.07) is 10.6. The van der Waals surface area contributed by atoms with Gasteiger partial charge in [0.25, 0.3) is 5.17 Å². The second kappa shape index (κ2) is 11.9. The quantitative estimate of drug-likeness (QED) is 0.444. The van der Waals surface area contributed by atoms with Crippen molar-refractivity contribution < 1.29 is 19.1 Å². The predicted molar refractivity (Wildman–Crippen MR) is 155 cm³/mol. The number of carbonyl (C=O) groups excluding carboxylic acids is 2. The molecule has 40 heavy (non-hydrogen) atoms. The van der Waals surface area contributed by atoms with Gasteiger partial charge >= 0.3 is 6.09 Å². The fourth-order valence-electron chi connectivity index (χ4n) is 4.66. The number of rotatable bonds is 5. The average molecular weight is 564 g/mol. The molecule has 3 aromatic rings. The zero-order chi connectivity index (χ0) is 29.0. The second-order valence-electron chi connectivity index (χ2n) is 10.8. The number of benzene rings is 1. The fourth-order valence-corrected chi connectivity index (χ4v) is 4.90. The van der Waals surface area contributed by atoms with E-state index in [0.717, 1.165) is 17.6 Å². The van der Waals surface area contributed by atoms with Gasteiger partial charge in [0.15, 0.2) is 5.65 Å². The van der Waals surface area contributed by atoms with Crippen LogP contribution in [0.4, 0.5) is 16.3 Å². The molecule has 3 heterocycles. The van der Waals surface area contributed by atoms with Gasteiger partial charge in [-0.1, -0.05) is 6.92 Å². The molecule has 1 aliphatic rings. The van der Waals surface area contributed by atoms with Gasteiger partial charge in [-0.25, -0.2) is 14.8 Å². The molecule has 4 rings (SSSR count). The lowest BCUT2D eigenvalue weighted by Crippen LogP contribution is -2.52. The number of amides is 2. The summed E-state index contributed by atoms with van der Waals surface area (Å²) >= 11 is 5.57. The van der Waals surface area contributed by atoms with Gasteiger partial charge in [-0.05, 0) is 75.7 Å². The van der Waals surface area contributed by atoms with Crippen molar-refractivity contribution in [3.8, 4) is 11.8 Å². The van der Waals surface area contributed by atoms with Crippen LogP contribution < -0.4 is 15.0 Å². The molecule has 1 aliphatic heterocycles. The number of fused-ring (bicyclic) bond motifs is 1. The zero-order valence-corrected chi connectivity index (χ0v) is 24.1. The minimum atomic E-state index is -0.594. The Morgan fingerprint density at radius 3 is 2.62 bits per heavy atom. The molecule has 0 bridgehead atoms. The molecule has 0 aliphatic carbocycles. The van der Waals surface area contributed by atoms with E-state index in [9.17, 15) is 9.59 Å². The average Bonchev–Trinajstić information content (AvgIpc) is 3.33. The molecule has 0 radical (unpaired) electrons. The number of likely N-dealkylation sites (tertiary alicyclic amines) is 1. The largest absolute Gasteiger partial charge is 0.444 e. The van der Waals surface area contributed by atoms with Crippen molar-refractivity contribution in [2.45, 2.75) is 52.2 Å².